The van der Waals surface area contributed by atoms with E-state index in [1.807, 2.05) is 0 Å². The highest BCUT2D eigenvalue weighted by Crippen LogP contribution is 2.24. The van der Waals surface area contributed by atoms with E-state index in [0.29, 0.717) is 12.5 Å². The standard InChI is InChI=1S/C15H22O4S/c1-20(17,18)14-9-7-12(8-10-14)15(16)6-2-4-13-5-3-11-19-13/h7-10,13,15-16H,2-6,11H2,1H3. The Morgan fingerprint density at radius 2 is 2.05 bits per heavy atom. The third-order valence-electron chi connectivity index (χ3n) is 3.72. The molecule has 0 spiro atoms. The van der Waals surface area contributed by atoms with E-state index in [4.69, 9.17) is 4.74 Å². The Morgan fingerprint density at radius 1 is 1.35 bits per heavy atom. The summed E-state index contributed by atoms with van der Waals surface area (Å²) in [6.45, 7) is 0.861. The van der Waals surface area contributed by atoms with Crippen molar-refractivity contribution in [2.24, 2.45) is 0 Å². The summed E-state index contributed by atoms with van der Waals surface area (Å²) in [6, 6.07) is 6.47. The average molecular weight is 298 g/mol. The first-order chi connectivity index (χ1) is 9.47. The molecule has 0 aliphatic carbocycles. The molecule has 1 aliphatic rings. The molecule has 1 aromatic carbocycles. The lowest BCUT2D eigenvalue weighted by Gasteiger charge is -2.13. The monoisotopic (exact) mass is 298 g/mol. The van der Waals surface area contributed by atoms with Crippen molar-refractivity contribution in [1.29, 1.82) is 0 Å². The maximum Gasteiger partial charge on any atom is 0.175 e. The molecule has 20 heavy (non-hydrogen) atoms. The van der Waals surface area contributed by atoms with Crippen LogP contribution in [-0.4, -0.2) is 32.5 Å². The molecule has 2 rings (SSSR count). The largest absolute Gasteiger partial charge is 0.388 e. The number of aliphatic hydroxyl groups excluding tert-OH is 1. The van der Waals surface area contributed by atoms with E-state index >= 15 is 0 Å². The Kier molecular flexibility index (Phi) is 5.18. The van der Waals surface area contributed by atoms with Crippen molar-refractivity contribution >= 4 is 9.84 Å². The first-order valence-electron chi connectivity index (χ1n) is 7.06. The highest BCUT2D eigenvalue weighted by Gasteiger charge is 2.16. The molecule has 1 aromatic rings. The van der Waals surface area contributed by atoms with E-state index < -0.39 is 15.9 Å². The van der Waals surface area contributed by atoms with Crippen LogP contribution in [-0.2, 0) is 14.6 Å². The molecule has 2 atom stereocenters. The van der Waals surface area contributed by atoms with Gasteiger partial charge in [-0.3, -0.25) is 0 Å². The van der Waals surface area contributed by atoms with Crippen LogP contribution < -0.4 is 0 Å². The Bertz CT molecular complexity index is 515. The Balaban J connectivity index is 1.84. The summed E-state index contributed by atoms with van der Waals surface area (Å²) >= 11 is 0. The van der Waals surface area contributed by atoms with E-state index in [0.717, 1.165) is 37.9 Å². The second-order valence-electron chi connectivity index (χ2n) is 5.42. The number of rotatable bonds is 6. The lowest BCUT2D eigenvalue weighted by Crippen LogP contribution is -2.06. The minimum Gasteiger partial charge on any atom is -0.388 e. The molecule has 5 heteroatoms. The molecule has 2 unspecified atom stereocenters. The first kappa shape index (κ1) is 15.5. The minimum atomic E-state index is -3.17. The van der Waals surface area contributed by atoms with E-state index in [9.17, 15) is 13.5 Å². The van der Waals surface area contributed by atoms with Gasteiger partial charge in [0, 0.05) is 12.9 Å². The Morgan fingerprint density at radius 3 is 2.60 bits per heavy atom. The minimum absolute atomic E-state index is 0.285. The summed E-state index contributed by atoms with van der Waals surface area (Å²) in [6.07, 6.45) is 5.84. The van der Waals surface area contributed by atoms with Gasteiger partial charge in [0.05, 0.1) is 17.1 Å². The summed E-state index contributed by atoms with van der Waals surface area (Å²) in [5, 5.41) is 10.1. The number of hydrogen-bond donors (Lipinski definition) is 1. The molecule has 0 radical (unpaired) electrons. The van der Waals surface area contributed by atoms with Gasteiger partial charge in [-0.15, -0.1) is 0 Å². The highest BCUT2D eigenvalue weighted by atomic mass is 32.2. The van der Waals surface area contributed by atoms with Gasteiger partial charge in [-0.25, -0.2) is 8.42 Å². The van der Waals surface area contributed by atoms with E-state index in [1.54, 1.807) is 24.3 Å². The van der Waals surface area contributed by atoms with Crippen molar-refractivity contribution in [3.8, 4) is 0 Å². The molecule has 0 bridgehead atoms. The van der Waals surface area contributed by atoms with Gasteiger partial charge in [0.25, 0.3) is 0 Å². The van der Waals surface area contributed by atoms with Crippen LogP contribution in [0.3, 0.4) is 0 Å². The molecule has 0 amide bonds. The van der Waals surface area contributed by atoms with Gasteiger partial charge in [-0.05, 0) is 49.8 Å². The smallest absolute Gasteiger partial charge is 0.175 e. The van der Waals surface area contributed by atoms with E-state index in [2.05, 4.69) is 0 Å². The molecule has 4 nitrogen and oxygen atoms in total. The lowest BCUT2D eigenvalue weighted by atomic mass is 10.0. The maximum absolute atomic E-state index is 11.4. The third-order valence-corrected chi connectivity index (χ3v) is 4.85. The Hall–Kier alpha value is -0.910. The van der Waals surface area contributed by atoms with Gasteiger partial charge in [-0.1, -0.05) is 12.1 Å². The van der Waals surface area contributed by atoms with Gasteiger partial charge in [-0.2, -0.15) is 0 Å². The fraction of sp³-hybridized carbons (Fsp3) is 0.600. The third kappa shape index (κ3) is 4.30. The van der Waals surface area contributed by atoms with Gasteiger partial charge >= 0.3 is 0 Å². The second kappa shape index (κ2) is 6.70. The van der Waals surface area contributed by atoms with Crippen molar-refractivity contribution in [2.45, 2.75) is 49.2 Å². The number of ether oxygens (including phenoxy) is 1. The van der Waals surface area contributed by atoms with Crippen molar-refractivity contribution in [3.63, 3.8) is 0 Å². The fourth-order valence-electron chi connectivity index (χ4n) is 2.51. The predicted molar refractivity (Wildman–Crippen MR) is 77.3 cm³/mol. The SMILES string of the molecule is CS(=O)(=O)c1ccc(C(O)CCCC2CCCO2)cc1. The van der Waals surface area contributed by atoms with Crippen LogP contribution >= 0.6 is 0 Å². The molecule has 0 aromatic heterocycles. The zero-order chi connectivity index (χ0) is 14.6. The molecule has 0 saturated carbocycles. The maximum atomic E-state index is 11.4. The van der Waals surface area contributed by atoms with Crippen molar-refractivity contribution in [1.82, 2.24) is 0 Å². The highest BCUT2D eigenvalue weighted by molar-refractivity contribution is 7.90. The Labute approximate surface area is 120 Å². The van der Waals surface area contributed by atoms with Crippen LogP contribution in [0, 0.1) is 0 Å². The molecule has 112 valence electrons. The topological polar surface area (TPSA) is 63.6 Å². The summed E-state index contributed by atoms with van der Waals surface area (Å²) in [5.74, 6) is 0. The number of sulfone groups is 1. The van der Waals surface area contributed by atoms with Crippen molar-refractivity contribution in [3.05, 3.63) is 29.8 Å². The van der Waals surface area contributed by atoms with Crippen molar-refractivity contribution in [2.75, 3.05) is 12.9 Å². The summed E-state index contributed by atoms with van der Waals surface area (Å²) in [4.78, 5) is 0.285. The summed E-state index contributed by atoms with van der Waals surface area (Å²) in [5.41, 5.74) is 0.768. The van der Waals surface area contributed by atoms with Crippen LogP contribution in [0.15, 0.2) is 29.2 Å². The molecular formula is C15H22O4S. The average Bonchev–Trinajstić information content (AvgIpc) is 2.91. The van der Waals surface area contributed by atoms with Crippen LogP contribution in [0.1, 0.15) is 43.8 Å². The van der Waals surface area contributed by atoms with Crippen LogP contribution in [0.2, 0.25) is 0 Å². The lowest BCUT2D eigenvalue weighted by molar-refractivity contribution is 0.0944. The quantitative estimate of drug-likeness (QED) is 0.876. The van der Waals surface area contributed by atoms with Crippen molar-refractivity contribution < 1.29 is 18.3 Å². The molecule has 1 heterocycles. The van der Waals surface area contributed by atoms with E-state index in [1.165, 1.54) is 6.26 Å². The zero-order valence-corrected chi connectivity index (χ0v) is 12.6. The van der Waals surface area contributed by atoms with Gasteiger partial charge < -0.3 is 9.84 Å². The number of hydrogen-bond acceptors (Lipinski definition) is 4. The molecule has 1 saturated heterocycles. The van der Waals surface area contributed by atoms with Crippen LogP contribution in [0.25, 0.3) is 0 Å². The number of aliphatic hydroxyl groups is 1. The second-order valence-corrected chi connectivity index (χ2v) is 7.44. The number of benzene rings is 1. The predicted octanol–water partition coefficient (Wildman–Crippen LogP) is 2.47. The van der Waals surface area contributed by atoms with E-state index in [-0.39, 0.29) is 4.90 Å². The van der Waals surface area contributed by atoms with Gasteiger partial charge in [0.1, 0.15) is 0 Å². The van der Waals surface area contributed by atoms with Gasteiger partial charge in [0.15, 0.2) is 9.84 Å². The molecular weight excluding hydrogens is 276 g/mol. The summed E-state index contributed by atoms with van der Waals surface area (Å²) in [7, 11) is -3.17. The molecule has 1 N–H and O–H groups in total. The zero-order valence-electron chi connectivity index (χ0n) is 11.8. The summed E-state index contributed by atoms with van der Waals surface area (Å²) < 4.78 is 28.3. The molecule has 1 aliphatic heterocycles. The van der Waals surface area contributed by atoms with Crippen LogP contribution in [0.4, 0.5) is 0 Å². The van der Waals surface area contributed by atoms with Crippen LogP contribution in [0.5, 0.6) is 0 Å². The normalized spacial score (nSPS) is 21.0. The van der Waals surface area contributed by atoms with Gasteiger partial charge in [0.2, 0.25) is 0 Å². The fourth-order valence-corrected chi connectivity index (χ4v) is 3.15. The first-order valence-corrected chi connectivity index (χ1v) is 8.95. The molecule has 1 fully saturated rings.